The second-order valence-corrected chi connectivity index (χ2v) is 6.54. The molecule has 2 aromatic rings. The third kappa shape index (κ3) is 7.58. The maximum absolute atomic E-state index is 11.7. The molecule has 146 valence electrons. The fourth-order valence-electron chi connectivity index (χ4n) is 2.40. The van der Waals surface area contributed by atoms with Crippen molar-refractivity contribution in [1.29, 1.82) is 0 Å². The molecule has 0 aliphatic heterocycles. The molecule has 0 heterocycles. The minimum Gasteiger partial charge on any atom is -0.352 e. The van der Waals surface area contributed by atoms with E-state index in [2.05, 4.69) is 40.0 Å². The van der Waals surface area contributed by atoms with Crippen LogP contribution in [0, 0.1) is 5.92 Å². The highest BCUT2D eigenvalue weighted by Crippen LogP contribution is 2.12. The number of nitrogens with one attached hydrogen (secondary N) is 3. The quantitative estimate of drug-likeness (QED) is 0.328. The van der Waals surface area contributed by atoms with Crippen LogP contribution in [0.3, 0.4) is 0 Å². The molecule has 0 saturated carbocycles. The number of carbonyl (C=O) groups excluding carboxylic acids is 1. The Bertz CT molecular complexity index is 730. The Morgan fingerprint density at radius 2 is 1.63 bits per heavy atom. The molecule has 0 spiro atoms. The lowest BCUT2D eigenvalue weighted by Crippen LogP contribution is -2.38. The first-order valence-corrected chi connectivity index (χ1v) is 8.91. The topological polar surface area (TPSA) is 65.5 Å². The van der Waals surface area contributed by atoms with Gasteiger partial charge in [-0.1, -0.05) is 56.3 Å². The zero-order valence-corrected chi connectivity index (χ0v) is 18.7. The zero-order chi connectivity index (χ0) is 18.9. The number of halogens is 1. The fraction of sp³-hybridized carbons (Fsp3) is 0.333. The summed E-state index contributed by atoms with van der Waals surface area (Å²) in [4.78, 5) is 16.0. The smallest absolute Gasteiger partial charge is 0.226 e. The van der Waals surface area contributed by atoms with Crippen molar-refractivity contribution < 1.29 is 4.79 Å². The van der Waals surface area contributed by atoms with Crippen LogP contribution < -0.4 is 16.0 Å². The summed E-state index contributed by atoms with van der Waals surface area (Å²) in [5.41, 5.74) is 3.14. The molecule has 6 heteroatoms. The molecule has 2 aromatic carbocycles. The van der Waals surface area contributed by atoms with Gasteiger partial charge in [0.1, 0.15) is 0 Å². The van der Waals surface area contributed by atoms with Crippen LogP contribution in [0.5, 0.6) is 0 Å². The molecule has 1 atom stereocenters. The normalized spacial score (nSPS) is 12.1. The van der Waals surface area contributed by atoms with Gasteiger partial charge in [-0.05, 0) is 30.2 Å². The van der Waals surface area contributed by atoms with E-state index in [0.717, 1.165) is 17.2 Å². The summed E-state index contributed by atoms with van der Waals surface area (Å²) in [6, 6.07) is 18.2. The van der Waals surface area contributed by atoms with Crippen molar-refractivity contribution >= 4 is 41.5 Å². The van der Waals surface area contributed by atoms with Crippen LogP contribution in [0.15, 0.2) is 59.6 Å². The molecular weight excluding hydrogens is 451 g/mol. The standard InChI is InChI=1S/C21H28N4O.HI/c1-15(2)20(26)25-19-12-10-17(11-13-19)14-23-21(22-4)24-16(3)18-8-6-5-7-9-18;/h5-13,15-16H,14H2,1-4H3,(H,25,26)(H2,22,23,24);1H. The number of hydrogen-bond donors (Lipinski definition) is 3. The Labute approximate surface area is 179 Å². The van der Waals surface area contributed by atoms with Crippen molar-refractivity contribution in [3.63, 3.8) is 0 Å². The van der Waals surface area contributed by atoms with Crippen LogP contribution in [-0.4, -0.2) is 18.9 Å². The second kappa shape index (κ2) is 11.6. The Kier molecular flexibility index (Phi) is 9.85. The molecule has 0 fully saturated rings. The highest BCUT2D eigenvalue weighted by molar-refractivity contribution is 14.0. The lowest BCUT2D eigenvalue weighted by atomic mass is 10.1. The van der Waals surface area contributed by atoms with Crippen LogP contribution in [0.2, 0.25) is 0 Å². The van der Waals surface area contributed by atoms with E-state index in [9.17, 15) is 4.79 Å². The van der Waals surface area contributed by atoms with Crippen molar-refractivity contribution in [2.24, 2.45) is 10.9 Å². The van der Waals surface area contributed by atoms with E-state index in [1.165, 1.54) is 5.56 Å². The molecule has 3 N–H and O–H groups in total. The number of aliphatic imine (C=N–C) groups is 1. The molecule has 1 amide bonds. The van der Waals surface area contributed by atoms with E-state index in [1.807, 2.05) is 56.3 Å². The van der Waals surface area contributed by atoms with Gasteiger partial charge in [0, 0.05) is 25.2 Å². The highest BCUT2D eigenvalue weighted by atomic mass is 127. The van der Waals surface area contributed by atoms with E-state index in [0.29, 0.717) is 6.54 Å². The summed E-state index contributed by atoms with van der Waals surface area (Å²) in [5, 5.41) is 9.59. The van der Waals surface area contributed by atoms with E-state index in [4.69, 9.17) is 0 Å². The van der Waals surface area contributed by atoms with Gasteiger partial charge in [-0.2, -0.15) is 0 Å². The lowest BCUT2D eigenvalue weighted by Gasteiger charge is -2.18. The maximum Gasteiger partial charge on any atom is 0.226 e. The number of rotatable bonds is 6. The van der Waals surface area contributed by atoms with E-state index >= 15 is 0 Å². The molecule has 5 nitrogen and oxygen atoms in total. The average molecular weight is 480 g/mol. The van der Waals surface area contributed by atoms with Gasteiger partial charge in [-0.3, -0.25) is 9.79 Å². The largest absolute Gasteiger partial charge is 0.352 e. The molecule has 1 unspecified atom stereocenters. The Morgan fingerprint density at radius 3 is 2.19 bits per heavy atom. The molecule has 0 aliphatic rings. The predicted molar refractivity (Wildman–Crippen MR) is 124 cm³/mol. The predicted octanol–water partition coefficient (Wildman–Crippen LogP) is 4.33. The molecule has 0 saturated heterocycles. The monoisotopic (exact) mass is 480 g/mol. The number of carbonyl (C=O) groups is 1. The number of amides is 1. The second-order valence-electron chi connectivity index (χ2n) is 6.54. The number of anilines is 1. The fourth-order valence-corrected chi connectivity index (χ4v) is 2.40. The summed E-state index contributed by atoms with van der Waals surface area (Å²) in [6.07, 6.45) is 0. The first kappa shape index (κ1) is 23.0. The zero-order valence-electron chi connectivity index (χ0n) is 16.3. The van der Waals surface area contributed by atoms with Gasteiger partial charge in [0.15, 0.2) is 5.96 Å². The molecule has 27 heavy (non-hydrogen) atoms. The number of guanidine groups is 1. The van der Waals surface area contributed by atoms with Crippen molar-refractivity contribution in [2.75, 3.05) is 12.4 Å². The van der Waals surface area contributed by atoms with E-state index < -0.39 is 0 Å². The number of benzene rings is 2. The third-order valence-corrected chi connectivity index (χ3v) is 4.08. The summed E-state index contributed by atoms with van der Waals surface area (Å²) in [7, 11) is 1.76. The van der Waals surface area contributed by atoms with Crippen LogP contribution in [-0.2, 0) is 11.3 Å². The Hall–Kier alpha value is -2.09. The van der Waals surface area contributed by atoms with E-state index in [-0.39, 0.29) is 41.8 Å². The SMILES string of the molecule is CN=C(NCc1ccc(NC(=O)C(C)C)cc1)NC(C)c1ccccc1.I. The average Bonchev–Trinajstić information content (AvgIpc) is 2.66. The van der Waals surface area contributed by atoms with Crippen molar-refractivity contribution in [2.45, 2.75) is 33.4 Å². The highest BCUT2D eigenvalue weighted by Gasteiger charge is 2.08. The number of hydrogen-bond acceptors (Lipinski definition) is 2. The third-order valence-electron chi connectivity index (χ3n) is 4.08. The molecule has 2 rings (SSSR count). The summed E-state index contributed by atoms with van der Waals surface area (Å²) in [5.74, 6) is 0.742. The Balaban J connectivity index is 0.00000364. The molecular formula is C21H29IN4O. The first-order chi connectivity index (χ1) is 12.5. The maximum atomic E-state index is 11.7. The van der Waals surface area contributed by atoms with Gasteiger partial charge in [0.25, 0.3) is 0 Å². The summed E-state index contributed by atoms with van der Waals surface area (Å²) >= 11 is 0. The van der Waals surface area contributed by atoms with Gasteiger partial charge in [0.2, 0.25) is 5.91 Å². The van der Waals surface area contributed by atoms with Crippen LogP contribution in [0.1, 0.15) is 37.9 Å². The van der Waals surface area contributed by atoms with Gasteiger partial charge in [-0.15, -0.1) is 24.0 Å². The summed E-state index contributed by atoms with van der Waals surface area (Å²) < 4.78 is 0. The number of nitrogens with zero attached hydrogens (tertiary/aromatic N) is 1. The molecule has 0 aliphatic carbocycles. The molecule has 0 aromatic heterocycles. The van der Waals surface area contributed by atoms with Crippen molar-refractivity contribution in [1.82, 2.24) is 10.6 Å². The molecule has 0 bridgehead atoms. The van der Waals surface area contributed by atoms with Gasteiger partial charge >= 0.3 is 0 Å². The van der Waals surface area contributed by atoms with E-state index in [1.54, 1.807) is 7.05 Å². The van der Waals surface area contributed by atoms with Gasteiger partial charge < -0.3 is 16.0 Å². The van der Waals surface area contributed by atoms with Crippen LogP contribution in [0.4, 0.5) is 5.69 Å². The van der Waals surface area contributed by atoms with Crippen LogP contribution >= 0.6 is 24.0 Å². The van der Waals surface area contributed by atoms with Gasteiger partial charge in [0.05, 0.1) is 6.04 Å². The minimum absolute atomic E-state index is 0. The Morgan fingerprint density at radius 1 is 1.00 bits per heavy atom. The first-order valence-electron chi connectivity index (χ1n) is 8.91. The van der Waals surface area contributed by atoms with Crippen molar-refractivity contribution in [3.8, 4) is 0 Å². The molecule has 0 radical (unpaired) electrons. The van der Waals surface area contributed by atoms with Gasteiger partial charge in [-0.25, -0.2) is 0 Å². The van der Waals surface area contributed by atoms with Crippen molar-refractivity contribution in [3.05, 3.63) is 65.7 Å². The summed E-state index contributed by atoms with van der Waals surface area (Å²) in [6.45, 7) is 6.51. The van der Waals surface area contributed by atoms with Crippen LogP contribution in [0.25, 0.3) is 0 Å². The lowest BCUT2D eigenvalue weighted by molar-refractivity contribution is -0.118. The minimum atomic E-state index is -0.0302.